The average molecular weight is 524 g/mol. The van der Waals surface area contributed by atoms with Crippen LogP contribution in [0.15, 0.2) is 12.1 Å². The van der Waals surface area contributed by atoms with E-state index in [1.807, 2.05) is 0 Å². The SMILES string of the molecule is Fc1ccc(F)c(OB(Oc2c(F)c(F)c(F)c(F)c2F)Oc2c(F)c(F)c(F)c(F)c2F)c1F. The van der Waals surface area contributed by atoms with Gasteiger partial charge in [0.1, 0.15) is 0 Å². The van der Waals surface area contributed by atoms with Gasteiger partial charge in [-0.25, -0.2) is 35.1 Å². The molecule has 0 aliphatic rings. The summed E-state index contributed by atoms with van der Waals surface area (Å²) in [4.78, 5) is 0. The second kappa shape index (κ2) is 9.46. The maximum Gasteiger partial charge on any atom is 0.864 e. The first-order chi connectivity index (χ1) is 16.3. The lowest BCUT2D eigenvalue weighted by atomic mass is 10.1. The predicted octanol–water partition coefficient (Wildman–Crippen LogP) is 6.02. The molecule has 3 aromatic carbocycles. The summed E-state index contributed by atoms with van der Waals surface area (Å²) < 4.78 is 189. The molecule has 3 rings (SSSR count). The minimum atomic E-state index is -3.46. The van der Waals surface area contributed by atoms with Crippen LogP contribution in [0, 0.1) is 75.6 Å². The van der Waals surface area contributed by atoms with Crippen LogP contribution in [0.2, 0.25) is 0 Å². The van der Waals surface area contributed by atoms with E-state index in [0.29, 0.717) is 0 Å². The molecule has 0 saturated carbocycles. The molecule has 0 fully saturated rings. The second-order valence-corrected chi connectivity index (χ2v) is 6.11. The van der Waals surface area contributed by atoms with Crippen molar-refractivity contribution in [2.75, 3.05) is 0 Å². The molecular formula is C18H2BF13O3. The topological polar surface area (TPSA) is 27.7 Å². The third kappa shape index (κ3) is 4.49. The smallest absolute Gasteiger partial charge is 0.484 e. The monoisotopic (exact) mass is 524 g/mol. The summed E-state index contributed by atoms with van der Waals surface area (Å²) in [5, 5.41) is 0. The molecule has 17 heteroatoms. The normalized spacial score (nSPS) is 11.0. The molecule has 0 aliphatic carbocycles. The molecule has 0 aromatic heterocycles. The van der Waals surface area contributed by atoms with Gasteiger partial charge in [0, 0.05) is 0 Å². The lowest BCUT2D eigenvalue weighted by Crippen LogP contribution is -2.39. The fourth-order valence-electron chi connectivity index (χ4n) is 2.35. The zero-order chi connectivity index (χ0) is 26.4. The third-order valence-electron chi connectivity index (χ3n) is 3.98. The summed E-state index contributed by atoms with van der Waals surface area (Å²) in [6, 6.07) is 0.351. The lowest BCUT2D eigenvalue weighted by molar-refractivity contribution is 0.251. The van der Waals surface area contributed by atoms with Gasteiger partial charge in [0.05, 0.1) is 0 Å². The zero-order valence-electron chi connectivity index (χ0n) is 15.9. The highest BCUT2D eigenvalue weighted by Crippen LogP contribution is 2.34. The van der Waals surface area contributed by atoms with Crippen molar-refractivity contribution in [3.05, 3.63) is 87.8 Å². The number of hydrogen-bond donors (Lipinski definition) is 0. The Labute approximate surface area is 184 Å². The summed E-state index contributed by atoms with van der Waals surface area (Å²) >= 11 is 0. The molecule has 0 spiro atoms. The van der Waals surface area contributed by atoms with Crippen molar-refractivity contribution >= 4 is 7.32 Å². The minimum absolute atomic E-state index is 0.168. The van der Waals surface area contributed by atoms with E-state index < -0.39 is 100 Å². The van der Waals surface area contributed by atoms with Crippen LogP contribution < -0.4 is 14.0 Å². The van der Waals surface area contributed by atoms with E-state index in [4.69, 9.17) is 0 Å². The number of benzene rings is 3. The Morgan fingerprint density at radius 3 is 1.00 bits per heavy atom. The molecule has 0 heterocycles. The van der Waals surface area contributed by atoms with E-state index in [1.54, 1.807) is 0 Å². The molecule has 186 valence electrons. The van der Waals surface area contributed by atoms with Crippen LogP contribution in [0.5, 0.6) is 17.2 Å². The highest BCUT2D eigenvalue weighted by molar-refractivity contribution is 6.39. The van der Waals surface area contributed by atoms with E-state index in [0.717, 1.165) is 0 Å². The van der Waals surface area contributed by atoms with Crippen molar-refractivity contribution < 1.29 is 71.0 Å². The molecule has 3 aromatic rings. The minimum Gasteiger partial charge on any atom is -0.484 e. The van der Waals surface area contributed by atoms with Crippen LogP contribution in [-0.4, -0.2) is 7.32 Å². The maximum atomic E-state index is 13.9. The highest BCUT2D eigenvalue weighted by atomic mass is 19.2. The zero-order valence-corrected chi connectivity index (χ0v) is 15.9. The fraction of sp³-hybridized carbons (Fsp3) is 0. The van der Waals surface area contributed by atoms with Crippen LogP contribution in [-0.2, 0) is 0 Å². The van der Waals surface area contributed by atoms with Gasteiger partial charge in [-0.1, -0.05) is 0 Å². The van der Waals surface area contributed by atoms with Gasteiger partial charge in [-0.05, 0) is 12.1 Å². The van der Waals surface area contributed by atoms with Crippen LogP contribution >= 0.6 is 0 Å². The van der Waals surface area contributed by atoms with Gasteiger partial charge in [0.25, 0.3) is 0 Å². The largest absolute Gasteiger partial charge is 0.864 e. The molecule has 0 bridgehead atoms. The first kappa shape index (κ1) is 25.8. The Bertz CT molecular complexity index is 1200. The number of rotatable bonds is 6. The van der Waals surface area contributed by atoms with E-state index in [-0.39, 0.29) is 12.1 Å². The van der Waals surface area contributed by atoms with Crippen molar-refractivity contribution in [1.29, 1.82) is 0 Å². The van der Waals surface area contributed by atoms with Gasteiger partial charge >= 0.3 is 7.32 Å². The summed E-state index contributed by atoms with van der Waals surface area (Å²) in [6.07, 6.45) is 0. The van der Waals surface area contributed by atoms with E-state index >= 15 is 0 Å². The van der Waals surface area contributed by atoms with Crippen molar-refractivity contribution in [2.24, 2.45) is 0 Å². The molecule has 0 saturated heterocycles. The van der Waals surface area contributed by atoms with E-state index in [1.165, 1.54) is 0 Å². The van der Waals surface area contributed by atoms with Crippen molar-refractivity contribution in [3.8, 4) is 17.2 Å². The average Bonchev–Trinajstić information content (AvgIpc) is 2.83. The predicted molar refractivity (Wildman–Crippen MR) is 86.4 cm³/mol. The Hall–Kier alpha value is -3.79. The van der Waals surface area contributed by atoms with Crippen LogP contribution in [0.1, 0.15) is 0 Å². The molecule has 0 atom stereocenters. The molecule has 0 aliphatic heterocycles. The van der Waals surface area contributed by atoms with E-state index in [9.17, 15) is 57.1 Å². The summed E-state index contributed by atoms with van der Waals surface area (Å²) in [6.45, 7) is 0. The molecule has 0 radical (unpaired) electrons. The van der Waals surface area contributed by atoms with Crippen LogP contribution in [0.3, 0.4) is 0 Å². The van der Waals surface area contributed by atoms with Gasteiger partial charge in [0.2, 0.25) is 64.0 Å². The molecule has 3 nitrogen and oxygen atoms in total. The molecule has 0 unspecified atom stereocenters. The Balaban J connectivity index is 2.17. The fourth-order valence-corrected chi connectivity index (χ4v) is 2.35. The summed E-state index contributed by atoms with van der Waals surface area (Å²) in [7, 11) is -3.46. The van der Waals surface area contributed by atoms with Gasteiger partial charge in [-0.2, -0.15) is 22.0 Å². The van der Waals surface area contributed by atoms with Gasteiger partial charge in [-0.15, -0.1) is 0 Å². The number of halogens is 13. The lowest BCUT2D eigenvalue weighted by Gasteiger charge is -2.19. The summed E-state index contributed by atoms with van der Waals surface area (Å²) in [5.41, 5.74) is 0. The Morgan fingerprint density at radius 2 is 0.629 bits per heavy atom. The standard InChI is InChI=1S/C18H2BF13O3/c20-3-1-2-4(21)16(5(3)22)33-19(34-17-12(29)8(25)6(23)9(26)13(17)30)35-18-14(31)10(27)7(24)11(28)15(18)32/h1-2H. The van der Waals surface area contributed by atoms with Gasteiger partial charge < -0.3 is 14.0 Å². The Morgan fingerprint density at radius 1 is 0.343 bits per heavy atom. The Kier molecular flexibility index (Phi) is 6.98. The number of hydrogen-bond acceptors (Lipinski definition) is 3. The highest BCUT2D eigenvalue weighted by Gasteiger charge is 2.41. The van der Waals surface area contributed by atoms with Gasteiger partial charge in [0.15, 0.2) is 28.9 Å². The quantitative estimate of drug-likeness (QED) is 0.171. The molecular weight excluding hydrogens is 522 g/mol. The van der Waals surface area contributed by atoms with Gasteiger partial charge in [-0.3, -0.25) is 0 Å². The molecule has 35 heavy (non-hydrogen) atoms. The van der Waals surface area contributed by atoms with Crippen molar-refractivity contribution in [3.63, 3.8) is 0 Å². The second-order valence-electron chi connectivity index (χ2n) is 6.11. The van der Waals surface area contributed by atoms with Crippen molar-refractivity contribution in [1.82, 2.24) is 0 Å². The molecule has 0 N–H and O–H groups in total. The van der Waals surface area contributed by atoms with Crippen LogP contribution in [0.25, 0.3) is 0 Å². The summed E-state index contributed by atoms with van der Waals surface area (Å²) in [5.74, 6) is -39.7. The first-order valence-electron chi connectivity index (χ1n) is 8.44. The van der Waals surface area contributed by atoms with E-state index in [2.05, 4.69) is 14.0 Å². The van der Waals surface area contributed by atoms with Crippen molar-refractivity contribution in [2.45, 2.75) is 0 Å². The maximum absolute atomic E-state index is 13.9. The first-order valence-corrected chi connectivity index (χ1v) is 8.44. The molecule has 0 amide bonds. The van der Waals surface area contributed by atoms with Crippen LogP contribution in [0.4, 0.5) is 57.1 Å². The third-order valence-corrected chi connectivity index (χ3v) is 3.98.